The maximum Gasteiger partial charge on any atom is 0.331 e. The summed E-state index contributed by atoms with van der Waals surface area (Å²) in [4.78, 5) is 24.9. The lowest BCUT2D eigenvalue weighted by Gasteiger charge is -2.17. The first-order valence-corrected chi connectivity index (χ1v) is 10.7. The van der Waals surface area contributed by atoms with E-state index in [9.17, 15) is 9.59 Å². The molecule has 0 aromatic heterocycles. The highest BCUT2D eigenvalue weighted by molar-refractivity contribution is 5.95. The van der Waals surface area contributed by atoms with E-state index in [1.165, 1.54) is 11.6 Å². The highest BCUT2D eigenvalue weighted by atomic mass is 16.6. The van der Waals surface area contributed by atoms with Crippen LogP contribution >= 0.6 is 0 Å². The van der Waals surface area contributed by atoms with Crippen LogP contribution < -0.4 is 10.1 Å². The molecule has 2 aromatic rings. The summed E-state index contributed by atoms with van der Waals surface area (Å²) < 4.78 is 10.5. The van der Waals surface area contributed by atoms with Crippen LogP contribution in [0.3, 0.4) is 0 Å². The van der Waals surface area contributed by atoms with Crippen LogP contribution in [0, 0.1) is 0 Å². The Morgan fingerprint density at radius 2 is 1.69 bits per heavy atom. The molecule has 170 valence electrons. The third-order valence-corrected chi connectivity index (χ3v) is 4.45. The standard InChI is InChI=1S/C27H33NO4/c1-19(2)7-8-21-15-22(11-14-25(29)32-27(3,4)5)17-23(16-21)26(30)28-18-20-9-12-24(31-6)13-10-20/h7,9-17H,8,18H2,1-6H3,(H,28,30)/b14-11+. The van der Waals surface area contributed by atoms with Crippen LogP contribution in [0.5, 0.6) is 5.75 Å². The lowest BCUT2D eigenvalue weighted by atomic mass is 10.0. The van der Waals surface area contributed by atoms with Crippen molar-refractivity contribution in [3.05, 3.63) is 82.4 Å². The molecule has 2 aromatic carbocycles. The van der Waals surface area contributed by atoms with E-state index in [2.05, 4.69) is 11.4 Å². The molecule has 32 heavy (non-hydrogen) atoms. The lowest BCUT2D eigenvalue weighted by molar-refractivity contribution is -0.148. The highest BCUT2D eigenvalue weighted by Gasteiger charge is 2.14. The molecule has 0 heterocycles. The molecule has 0 aliphatic rings. The monoisotopic (exact) mass is 435 g/mol. The Morgan fingerprint density at radius 3 is 2.28 bits per heavy atom. The van der Waals surface area contributed by atoms with Crippen LogP contribution in [0.15, 0.2) is 60.2 Å². The Kier molecular flexibility index (Phi) is 8.82. The second kappa shape index (κ2) is 11.3. The van der Waals surface area contributed by atoms with E-state index in [4.69, 9.17) is 9.47 Å². The number of carbonyl (C=O) groups is 2. The van der Waals surface area contributed by atoms with Crippen molar-refractivity contribution in [3.63, 3.8) is 0 Å². The molecule has 0 fully saturated rings. The molecule has 1 N–H and O–H groups in total. The summed E-state index contributed by atoms with van der Waals surface area (Å²) in [6.07, 6.45) is 5.88. The van der Waals surface area contributed by atoms with Crippen molar-refractivity contribution in [1.29, 1.82) is 0 Å². The zero-order chi connectivity index (χ0) is 23.7. The van der Waals surface area contributed by atoms with E-state index < -0.39 is 11.6 Å². The van der Waals surface area contributed by atoms with Gasteiger partial charge in [0.15, 0.2) is 0 Å². The van der Waals surface area contributed by atoms with Crippen LogP contribution in [0.2, 0.25) is 0 Å². The van der Waals surface area contributed by atoms with Crippen molar-refractivity contribution in [1.82, 2.24) is 5.32 Å². The molecule has 0 spiro atoms. The number of methoxy groups -OCH3 is 1. The number of esters is 1. The number of carbonyl (C=O) groups excluding carboxylic acids is 2. The molecule has 0 radical (unpaired) electrons. The Bertz CT molecular complexity index is 991. The number of allylic oxidation sites excluding steroid dienone is 2. The molecule has 0 unspecified atom stereocenters. The zero-order valence-electron chi connectivity index (χ0n) is 19.8. The zero-order valence-corrected chi connectivity index (χ0v) is 19.8. The van der Waals surface area contributed by atoms with Gasteiger partial charge in [0, 0.05) is 18.2 Å². The molecule has 1 amide bonds. The molecule has 5 nitrogen and oxygen atoms in total. The van der Waals surface area contributed by atoms with Gasteiger partial charge in [-0.3, -0.25) is 4.79 Å². The average molecular weight is 436 g/mol. The summed E-state index contributed by atoms with van der Waals surface area (Å²) in [5.41, 5.74) is 3.92. The van der Waals surface area contributed by atoms with Gasteiger partial charge in [0.2, 0.25) is 0 Å². The lowest BCUT2D eigenvalue weighted by Crippen LogP contribution is -2.23. The molecule has 0 saturated heterocycles. The van der Waals surface area contributed by atoms with Crippen molar-refractivity contribution >= 4 is 18.0 Å². The summed E-state index contributed by atoms with van der Waals surface area (Å²) in [6, 6.07) is 13.2. The van der Waals surface area contributed by atoms with Crippen LogP contribution in [-0.2, 0) is 22.5 Å². The number of benzene rings is 2. The van der Waals surface area contributed by atoms with Crippen molar-refractivity contribution in [2.45, 2.75) is 53.2 Å². The molecule has 2 rings (SSSR count). The summed E-state index contributed by atoms with van der Waals surface area (Å²) in [6.45, 7) is 9.95. The number of ether oxygens (including phenoxy) is 2. The van der Waals surface area contributed by atoms with Gasteiger partial charge in [-0.05, 0) is 88.1 Å². The van der Waals surface area contributed by atoms with Gasteiger partial charge in [-0.25, -0.2) is 4.79 Å². The molecular formula is C27H33NO4. The van der Waals surface area contributed by atoms with E-state index >= 15 is 0 Å². The number of rotatable bonds is 8. The minimum absolute atomic E-state index is 0.174. The largest absolute Gasteiger partial charge is 0.497 e. The molecule has 0 bridgehead atoms. The second-order valence-corrected chi connectivity index (χ2v) is 8.85. The predicted octanol–water partition coefficient (Wildman–Crippen LogP) is 5.49. The quantitative estimate of drug-likeness (QED) is 0.338. The van der Waals surface area contributed by atoms with Crippen LogP contribution in [0.4, 0.5) is 0 Å². The van der Waals surface area contributed by atoms with Crippen LogP contribution in [0.25, 0.3) is 6.08 Å². The van der Waals surface area contributed by atoms with E-state index in [-0.39, 0.29) is 5.91 Å². The molecular weight excluding hydrogens is 402 g/mol. The van der Waals surface area contributed by atoms with Crippen molar-refractivity contribution in [3.8, 4) is 5.75 Å². The van der Waals surface area contributed by atoms with Gasteiger partial charge in [-0.1, -0.05) is 29.8 Å². The van der Waals surface area contributed by atoms with Crippen LogP contribution in [-0.4, -0.2) is 24.6 Å². The van der Waals surface area contributed by atoms with Crippen molar-refractivity contribution in [2.24, 2.45) is 0 Å². The maximum absolute atomic E-state index is 12.8. The smallest absolute Gasteiger partial charge is 0.331 e. The number of hydrogen-bond acceptors (Lipinski definition) is 4. The molecule has 0 saturated carbocycles. The van der Waals surface area contributed by atoms with Gasteiger partial charge in [0.05, 0.1) is 7.11 Å². The second-order valence-electron chi connectivity index (χ2n) is 8.85. The topological polar surface area (TPSA) is 64.6 Å². The molecule has 5 heteroatoms. The number of hydrogen-bond donors (Lipinski definition) is 1. The van der Waals surface area contributed by atoms with Gasteiger partial charge in [-0.2, -0.15) is 0 Å². The van der Waals surface area contributed by atoms with Crippen molar-refractivity contribution < 1.29 is 19.1 Å². The fraction of sp³-hybridized carbons (Fsp3) is 0.333. The maximum atomic E-state index is 12.8. The summed E-state index contributed by atoms with van der Waals surface area (Å²) in [7, 11) is 1.62. The van der Waals surface area contributed by atoms with Crippen LogP contribution in [0.1, 0.15) is 61.7 Å². The minimum atomic E-state index is -0.556. The van der Waals surface area contributed by atoms with E-state index in [1.54, 1.807) is 19.3 Å². The summed E-state index contributed by atoms with van der Waals surface area (Å²) in [5.74, 6) is 0.179. The van der Waals surface area contributed by atoms with Gasteiger partial charge in [0.25, 0.3) is 5.91 Å². The van der Waals surface area contributed by atoms with Gasteiger partial charge in [-0.15, -0.1) is 0 Å². The highest BCUT2D eigenvalue weighted by Crippen LogP contribution is 2.16. The normalized spacial score (nSPS) is 11.2. The first kappa shape index (κ1) is 24.9. The van der Waals surface area contributed by atoms with Crippen molar-refractivity contribution in [2.75, 3.05) is 7.11 Å². The van der Waals surface area contributed by atoms with Gasteiger partial charge in [0.1, 0.15) is 11.4 Å². The Labute approximate surface area is 191 Å². The number of amides is 1. The Balaban J connectivity index is 2.20. The first-order chi connectivity index (χ1) is 15.1. The SMILES string of the molecule is COc1ccc(CNC(=O)c2cc(/C=C/C(=O)OC(C)(C)C)cc(CC=C(C)C)c2)cc1. The molecule has 0 aliphatic carbocycles. The van der Waals surface area contributed by atoms with E-state index in [0.29, 0.717) is 18.5 Å². The fourth-order valence-corrected chi connectivity index (χ4v) is 2.91. The molecule has 0 aliphatic heterocycles. The number of nitrogens with one attached hydrogen (secondary N) is 1. The summed E-state index contributed by atoms with van der Waals surface area (Å²) >= 11 is 0. The third kappa shape index (κ3) is 8.80. The summed E-state index contributed by atoms with van der Waals surface area (Å²) in [5, 5.41) is 2.96. The van der Waals surface area contributed by atoms with Gasteiger partial charge < -0.3 is 14.8 Å². The van der Waals surface area contributed by atoms with E-state index in [1.807, 2.05) is 71.0 Å². The average Bonchev–Trinajstić information content (AvgIpc) is 2.73. The Morgan fingerprint density at radius 1 is 1.00 bits per heavy atom. The third-order valence-electron chi connectivity index (χ3n) is 4.45. The Hall–Kier alpha value is -3.34. The first-order valence-electron chi connectivity index (χ1n) is 10.7. The predicted molar refractivity (Wildman–Crippen MR) is 129 cm³/mol. The molecule has 0 atom stereocenters. The van der Waals surface area contributed by atoms with Gasteiger partial charge >= 0.3 is 5.97 Å². The minimum Gasteiger partial charge on any atom is -0.497 e. The van der Waals surface area contributed by atoms with E-state index in [0.717, 1.165) is 22.4 Å². The fourth-order valence-electron chi connectivity index (χ4n) is 2.91.